The zero-order valence-electron chi connectivity index (χ0n) is 23.5. The van der Waals surface area contributed by atoms with Crippen LogP contribution in [0.5, 0.6) is 17.2 Å². The molecule has 0 saturated heterocycles. The van der Waals surface area contributed by atoms with Crippen LogP contribution in [0.1, 0.15) is 16.7 Å². The molecule has 258 valence electrons. The molecule has 0 aromatic heterocycles. The van der Waals surface area contributed by atoms with Crippen molar-refractivity contribution in [2.75, 3.05) is 7.11 Å². The van der Waals surface area contributed by atoms with Gasteiger partial charge in [0.1, 0.15) is 5.75 Å². The van der Waals surface area contributed by atoms with Crippen molar-refractivity contribution in [3.8, 4) is 17.2 Å². The monoisotopic (exact) mass is 724 g/mol. The van der Waals surface area contributed by atoms with Crippen LogP contribution in [0.2, 0.25) is 0 Å². The highest BCUT2D eigenvalue weighted by Crippen LogP contribution is 2.60. The maximum absolute atomic E-state index is 15.3. The SMILES string of the molecule is COc1c(F)c(F)c(C(c2c(F)c(F)c(Oc3ccc(S(=O)(=O)c4ccc(C)cc4)cc3)c(F)c2F)(C(F)(F)F)C(F)(F)F)c(F)c1F. The van der Waals surface area contributed by atoms with Crippen LogP contribution in [0.25, 0.3) is 0 Å². The fourth-order valence-corrected chi connectivity index (χ4v) is 5.92. The predicted octanol–water partition coefficient (Wildman–Crippen LogP) is 9.15. The molecule has 0 N–H and O–H groups in total. The van der Waals surface area contributed by atoms with E-state index in [2.05, 4.69) is 9.47 Å². The molecule has 0 heterocycles. The van der Waals surface area contributed by atoms with Gasteiger partial charge in [0.15, 0.2) is 29.0 Å². The maximum Gasteiger partial charge on any atom is 0.411 e. The third-order valence-corrected chi connectivity index (χ3v) is 8.72. The number of aryl methyl sites for hydroxylation is 1. The van der Waals surface area contributed by atoms with Gasteiger partial charge in [-0.25, -0.2) is 26.0 Å². The van der Waals surface area contributed by atoms with E-state index in [1.165, 1.54) is 24.3 Å². The second-order valence-electron chi connectivity index (χ2n) is 9.76. The van der Waals surface area contributed by atoms with Gasteiger partial charge >= 0.3 is 12.4 Å². The predicted molar refractivity (Wildman–Crippen MR) is 135 cm³/mol. The van der Waals surface area contributed by atoms with Gasteiger partial charge in [-0.2, -0.15) is 43.9 Å². The normalized spacial score (nSPS) is 12.8. The van der Waals surface area contributed by atoms with Crippen LogP contribution in [0, 0.1) is 53.5 Å². The van der Waals surface area contributed by atoms with Crippen LogP contribution in [0.3, 0.4) is 0 Å². The zero-order chi connectivity index (χ0) is 36.3. The lowest BCUT2D eigenvalue weighted by molar-refractivity contribution is -0.291. The van der Waals surface area contributed by atoms with Gasteiger partial charge in [-0.15, -0.1) is 0 Å². The summed E-state index contributed by atoms with van der Waals surface area (Å²) in [5.74, 6) is -32.0. The molecule has 48 heavy (non-hydrogen) atoms. The molecule has 0 radical (unpaired) electrons. The molecule has 0 fully saturated rings. The second-order valence-corrected chi connectivity index (χ2v) is 11.7. The molecular weight excluding hydrogens is 710 g/mol. The molecule has 0 bridgehead atoms. The summed E-state index contributed by atoms with van der Waals surface area (Å²) in [4.78, 5) is -0.698. The first-order valence-corrected chi connectivity index (χ1v) is 14.0. The molecule has 0 atom stereocenters. The summed E-state index contributed by atoms with van der Waals surface area (Å²) in [6.07, 6.45) is -14.9. The van der Waals surface area contributed by atoms with E-state index in [9.17, 15) is 52.3 Å². The van der Waals surface area contributed by atoms with Crippen LogP contribution >= 0.6 is 0 Å². The summed E-state index contributed by atoms with van der Waals surface area (Å²) in [5.41, 5.74) is -13.7. The van der Waals surface area contributed by atoms with Gasteiger partial charge in [0, 0.05) is 0 Å². The lowest BCUT2D eigenvalue weighted by Gasteiger charge is -2.39. The minimum atomic E-state index is -7.43. The Kier molecular flexibility index (Phi) is 9.19. The van der Waals surface area contributed by atoms with Crippen molar-refractivity contribution in [2.24, 2.45) is 0 Å². The standard InChI is InChI=1S/C29H14F14O4S/c1-11-3-7-13(8-4-11)48(44,45)14-9-5-12(6-10-14)47-26-23(36)19(32)16(20(33)24(26)37)27(28(38,39)40,29(41,42)43)15-17(30)21(34)25(46-2)22(35)18(15)31/h3-10H,1-2H3. The van der Waals surface area contributed by atoms with Crippen LogP contribution < -0.4 is 9.47 Å². The van der Waals surface area contributed by atoms with E-state index in [-0.39, 0.29) is 4.90 Å². The van der Waals surface area contributed by atoms with Crippen molar-refractivity contribution in [1.29, 1.82) is 0 Å². The van der Waals surface area contributed by atoms with Gasteiger partial charge in [0.25, 0.3) is 0 Å². The van der Waals surface area contributed by atoms with E-state index < -0.39 is 107 Å². The Morgan fingerprint density at radius 2 is 0.854 bits per heavy atom. The highest BCUT2D eigenvalue weighted by atomic mass is 32.2. The van der Waals surface area contributed by atoms with Crippen LogP contribution in [0.15, 0.2) is 58.3 Å². The molecule has 0 saturated carbocycles. The number of hydrogen-bond donors (Lipinski definition) is 0. The molecule has 19 heteroatoms. The maximum atomic E-state index is 15.3. The van der Waals surface area contributed by atoms with Crippen molar-refractivity contribution >= 4 is 9.84 Å². The Balaban J connectivity index is 1.96. The zero-order valence-corrected chi connectivity index (χ0v) is 24.3. The third-order valence-electron chi connectivity index (χ3n) is 6.94. The molecule has 0 aliphatic heterocycles. The lowest BCUT2D eigenvalue weighted by atomic mass is 9.71. The van der Waals surface area contributed by atoms with Gasteiger partial charge in [-0.3, -0.25) is 0 Å². The highest BCUT2D eigenvalue weighted by molar-refractivity contribution is 7.91. The molecule has 0 aliphatic rings. The van der Waals surface area contributed by atoms with E-state index >= 15 is 17.6 Å². The van der Waals surface area contributed by atoms with Gasteiger partial charge in [0.2, 0.25) is 44.3 Å². The first-order valence-electron chi connectivity index (χ1n) is 12.6. The summed E-state index contributed by atoms with van der Waals surface area (Å²) in [6.45, 7) is 1.65. The van der Waals surface area contributed by atoms with Crippen LogP contribution in [0.4, 0.5) is 61.5 Å². The summed E-state index contributed by atoms with van der Waals surface area (Å²) < 4.78 is 240. The number of ether oxygens (including phenoxy) is 2. The molecule has 4 nitrogen and oxygen atoms in total. The molecule has 4 aromatic rings. The topological polar surface area (TPSA) is 52.6 Å². The average Bonchev–Trinajstić information content (AvgIpc) is 3.00. The fraction of sp³-hybridized carbons (Fsp3) is 0.172. The Hall–Kier alpha value is -4.55. The Labute approximate surface area is 260 Å². The molecular formula is C29H14F14O4S. The number of methoxy groups -OCH3 is 1. The highest BCUT2D eigenvalue weighted by Gasteiger charge is 2.77. The molecule has 0 spiro atoms. The van der Waals surface area contributed by atoms with E-state index in [1.807, 2.05) is 0 Å². The van der Waals surface area contributed by atoms with Crippen molar-refractivity contribution < 1.29 is 79.4 Å². The molecule has 4 aromatic carbocycles. The molecule has 0 aliphatic carbocycles. The number of hydrogen-bond acceptors (Lipinski definition) is 4. The number of benzene rings is 4. The Morgan fingerprint density at radius 1 is 0.521 bits per heavy atom. The fourth-order valence-electron chi connectivity index (χ4n) is 4.66. The summed E-state index contributed by atoms with van der Waals surface area (Å²) in [5, 5.41) is 0. The number of sulfone groups is 1. The van der Waals surface area contributed by atoms with Crippen LogP contribution in [-0.4, -0.2) is 27.9 Å². The van der Waals surface area contributed by atoms with Crippen LogP contribution in [-0.2, 0) is 15.3 Å². The van der Waals surface area contributed by atoms with Gasteiger partial charge in [-0.05, 0) is 43.3 Å². The Morgan fingerprint density at radius 3 is 1.19 bits per heavy atom. The minimum absolute atomic E-state index is 0.221. The van der Waals surface area contributed by atoms with Crippen molar-refractivity contribution in [1.82, 2.24) is 0 Å². The summed E-state index contributed by atoms with van der Waals surface area (Å²) in [7, 11) is -3.94. The third kappa shape index (κ3) is 5.46. The minimum Gasteiger partial charge on any atom is -0.491 e. The Bertz CT molecular complexity index is 1930. The number of halogens is 14. The molecule has 4 rings (SSSR count). The first kappa shape index (κ1) is 36.3. The smallest absolute Gasteiger partial charge is 0.411 e. The lowest BCUT2D eigenvalue weighted by Crippen LogP contribution is -2.57. The quantitative estimate of drug-likeness (QED) is 0.141. The average molecular weight is 724 g/mol. The van der Waals surface area contributed by atoms with Crippen molar-refractivity contribution in [2.45, 2.75) is 34.5 Å². The molecule has 0 unspecified atom stereocenters. The first-order chi connectivity index (χ1) is 22.0. The number of rotatable bonds is 7. The van der Waals surface area contributed by atoms with Crippen molar-refractivity contribution in [3.63, 3.8) is 0 Å². The van der Waals surface area contributed by atoms with Gasteiger partial charge in [-0.1, -0.05) is 17.7 Å². The van der Waals surface area contributed by atoms with Gasteiger partial charge in [0.05, 0.1) is 28.0 Å². The number of alkyl halides is 6. The second kappa shape index (κ2) is 12.2. The van der Waals surface area contributed by atoms with E-state index in [4.69, 9.17) is 0 Å². The summed E-state index contributed by atoms with van der Waals surface area (Å²) >= 11 is 0. The largest absolute Gasteiger partial charge is 0.491 e. The van der Waals surface area contributed by atoms with Gasteiger partial charge < -0.3 is 9.47 Å². The summed E-state index contributed by atoms with van der Waals surface area (Å²) in [6, 6.07) is 8.09. The van der Waals surface area contributed by atoms with E-state index in [1.54, 1.807) is 6.92 Å². The van der Waals surface area contributed by atoms with E-state index in [0.29, 0.717) is 24.8 Å². The van der Waals surface area contributed by atoms with Crippen molar-refractivity contribution in [3.05, 3.63) is 112 Å². The molecule has 0 amide bonds. The van der Waals surface area contributed by atoms with E-state index in [0.717, 1.165) is 12.1 Å².